The van der Waals surface area contributed by atoms with Crippen molar-refractivity contribution in [3.63, 3.8) is 0 Å². The molecule has 0 fully saturated rings. The quantitative estimate of drug-likeness (QED) is 0.158. The van der Waals surface area contributed by atoms with Crippen LogP contribution in [0.1, 0.15) is 26.3 Å². The van der Waals surface area contributed by atoms with Crippen LogP contribution in [0.2, 0.25) is 25.1 Å². The molecule has 7 nitrogen and oxygen atoms in total. The summed E-state index contributed by atoms with van der Waals surface area (Å²) in [6, 6.07) is 28.0. The highest BCUT2D eigenvalue weighted by atomic mass is 79.9. The van der Waals surface area contributed by atoms with Gasteiger partial charge in [0.25, 0.3) is 0 Å². The molecule has 274 valence electrons. The van der Waals surface area contributed by atoms with E-state index in [0.717, 1.165) is 27.4 Å². The van der Waals surface area contributed by atoms with Crippen LogP contribution >= 0.6 is 96.6 Å². The number of rotatable bonds is 7. The van der Waals surface area contributed by atoms with Crippen LogP contribution in [0.3, 0.4) is 0 Å². The number of aromatic nitrogens is 2. The number of benzene rings is 5. The van der Waals surface area contributed by atoms with Gasteiger partial charge in [0.15, 0.2) is 0 Å². The number of methoxy groups -OCH3 is 1. The average Bonchev–Trinajstić information content (AvgIpc) is 3.89. The molecule has 2 heterocycles. The molecule has 0 aliphatic heterocycles. The second-order valence-electron chi connectivity index (χ2n) is 11.4. The van der Waals surface area contributed by atoms with E-state index in [1.165, 1.54) is 29.8 Å². The van der Waals surface area contributed by atoms with E-state index in [2.05, 4.69) is 32.0 Å². The van der Waals surface area contributed by atoms with Crippen LogP contribution in [0.15, 0.2) is 106 Å². The van der Waals surface area contributed by atoms with Gasteiger partial charge in [0, 0.05) is 48.1 Å². The average molecular weight is 929 g/mol. The van der Waals surface area contributed by atoms with Gasteiger partial charge in [-0.05, 0) is 82.2 Å². The number of esters is 1. The molecule has 15 heteroatoms. The van der Waals surface area contributed by atoms with E-state index in [1.54, 1.807) is 66.7 Å². The van der Waals surface area contributed by atoms with Crippen molar-refractivity contribution in [2.75, 3.05) is 7.11 Å². The summed E-state index contributed by atoms with van der Waals surface area (Å²) < 4.78 is 5.47. The minimum absolute atomic E-state index is 0.0579. The smallest absolute Gasteiger partial charge is 0.339 e. The number of carboxylic acids is 1. The van der Waals surface area contributed by atoms with E-state index in [-0.39, 0.29) is 5.56 Å². The van der Waals surface area contributed by atoms with Gasteiger partial charge >= 0.3 is 11.9 Å². The zero-order valence-corrected chi connectivity index (χ0v) is 34.9. The Morgan fingerprint density at radius 2 is 1.20 bits per heavy atom. The maximum absolute atomic E-state index is 12.0. The third-order valence-corrected chi connectivity index (χ3v) is 12.1. The molecule has 0 atom stereocenters. The Balaban J connectivity index is 0.000000193. The van der Waals surface area contributed by atoms with Crippen LogP contribution < -0.4 is 0 Å². The molecule has 1 N–H and O–H groups in total. The summed E-state index contributed by atoms with van der Waals surface area (Å²) in [5, 5.41) is 26.8. The summed E-state index contributed by atoms with van der Waals surface area (Å²) in [4.78, 5) is 33.1. The van der Waals surface area contributed by atoms with Crippen molar-refractivity contribution in [3.05, 3.63) is 148 Å². The van der Waals surface area contributed by atoms with Crippen LogP contribution in [-0.4, -0.2) is 34.1 Å². The van der Waals surface area contributed by atoms with Gasteiger partial charge in [-0.1, -0.05) is 88.3 Å². The number of carbonyl (C=O) groups is 2. The maximum atomic E-state index is 12.0. The molecule has 0 bridgehead atoms. The molecule has 0 radical (unpaired) electrons. The predicted molar refractivity (Wildman–Crippen MR) is 227 cm³/mol. The SMILES string of the molecule is COC(=O)c1cc(-c2nc(-c3ccc(Cl)c(Cl)c3)cs2)ccc1Br.N#Cc1ccc(Cl)cc1-c1ccc(-c2nc(-c3ccc(Cl)c(Cl)c3)cs2)cc1C(=O)O. The van der Waals surface area contributed by atoms with E-state index in [4.69, 9.17) is 62.7 Å². The number of carbonyl (C=O) groups excluding carboxylic acids is 1. The summed E-state index contributed by atoms with van der Waals surface area (Å²) in [6.07, 6.45) is 0. The van der Waals surface area contributed by atoms with Gasteiger partial charge in [0.2, 0.25) is 0 Å². The Morgan fingerprint density at radius 1 is 0.673 bits per heavy atom. The van der Waals surface area contributed by atoms with Crippen molar-refractivity contribution in [2.45, 2.75) is 0 Å². The molecule has 0 saturated carbocycles. The van der Waals surface area contributed by atoms with Crippen LogP contribution in [-0.2, 0) is 4.74 Å². The third kappa shape index (κ3) is 9.24. The molecule has 0 spiro atoms. The second-order valence-corrected chi connectivity index (χ2v) is 16.0. The van der Waals surface area contributed by atoms with E-state index in [0.29, 0.717) is 68.1 Å². The lowest BCUT2D eigenvalue weighted by Crippen LogP contribution is -2.02. The van der Waals surface area contributed by atoms with Gasteiger partial charge in [-0.2, -0.15) is 5.26 Å². The predicted octanol–water partition coefficient (Wildman–Crippen LogP) is 14.0. The number of nitriles is 1. The first-order chi connectivity index (χ1) is 26.4. The number of halogens is 6. The minimum atomic E-state index is -1.11. The molecule has 0 aliphatic rings. The van der Waals surface area contributed by atoms with Crippen molar-refractivity contribution < 1.29 is 19.4 Å². The van der Waals surface area contributed by atoms with E-state index < -0.39 is 11.9 Å². The Kier molecular flexibility index (Phi) is 13.0. The van der Waals surface area contributed by atoms with Crippen LogP contribution in [0, 0.1) is 11.3 Å². The summed E-state index contributed by atoms with van der Waals surface area (Å²) in [7, 11) is 1.35. The molecule has 55 heavy (non-hydrogen) atoms. The standard InChI is InChI=1S/C23H11Cl3N2O2S.C17H10BrCl2NO2S/c24-15-4-1-14(10-27)17(9-15)16-5-2-13(7-18(16)23(29)30)22-28-21(11-31-22)12-3-6-19(25)20(26)8-12;1-23-17(22)11-6-10(2-4-12(11)18)16-21-15(8-24-16)9-3-5-13(19)14(20)7-9/h1-9,11H,(H,29,30);2-8H,1H3. The maximum Gasteiger partial charge on any atom is 0.339 e. The molecule has 7 rings (SSSR count). The Labute approximate surface area is 356 Å². The van der Waals surface area contributed by atoms with Crippen molar-refractivity contribution in [1.29, 1.82) is 5.26 Å². The van der Waals surface area contributed by atoms with Crippen molar-refractivity contribution >= 4 is 109 Å². The van der Waals surface area contributed by atoms with Gasteiger partial charge in [-0.25, -0.2) is 19.6 Å². The Morgan fingerprint density at radius 3 is 1.71 bits per heavy atom. The number of nitrogens with zero attached hydrogens (tertiary/aromatic N) is 3. The van der Waals surface area contributed by atoms with Gasteiger partial charge in [0.05, 0.1) is 61.3 Å². The third-order valence-electron chi connectivity index (χ3n) is 7.95. The van der Waals surface area contributed by atoms with E-state index >= 15 is 0 Å². The van der Waals surface area contributed by atoms with E-state index in [1.807, 2.05) is 35.0 Å². The number of thiazole rings is 2. The largest absolute Gasteiger partial charge is 0.478 e. The molecule has 0 amide bonds. The molecule has 7 aromatic rings. The number of carboxylic acid groups (broad SMARTS) is 1. The van der Waals surface area contributed by atoms with Crippen LogP contribution in [0.4, 0.5) is 0 Å². The number of hydrogen-bond acceptors (Lipinski definition) is 8. The van der Waals surface area contributed by atoms with Crippen molar-refractivity contribution in [2.24, 2.45) is 0 Å². The highest BCUT2D eigenvalue weighted by Crippen LogP contribution is 2.37. The van der Waals surface area contributed by atoms with Crippen LogP contribution in [0.5, 0.6) is 0 Å². The summed E-state index contributed by atoms with van der Waals surface area (Å²) in [6.45, 7) is 0. The summed E-state index contributed by atoms with van der Waals surface area (Å²) >= 11 is 36.4. The van der Waals surface area contributed by atoms with Crippen molar-refractivity contribution in [1.82, 2.24) is 9.97 Å². The van der Waals surface area contributed by atoms with E-state index in [9.17, 15) is 20.0 Å². The Hall–Kier alpha value is -4.28. The molecule has 0 unspecified atom stereocenters. The first-order valence-electron chi connectivity index (χ1n) is 15.6. The lowest BCUT2D eigenvalue weighted by molar-refractivity contribution is 0.0598. The highest BCUT2D eigenvalue weighted by molar-refractivity contribution is 9.10. The molecule has 2 aromatic heterocycles. The Bertz CT molecular complexity index is 2660. The summed E-state index contributed by atoms with van der Waals surface area (Å²) in [5.74, 6) is -1.51. The van der Waals surface area contributed by atoms with Gasteiger partial charge in [0.1, 0.15) is 10.0 Å². The zero-order valence-electron chi connectivity index (χ0n) is 27.9. The summed E-state index contributed by atoms with van der Waals surface area (Å²) in [5.41, 5.74) is 6.44. The fraction of sp³-hybridized carbons (Fsp3) is 0.0250. The fourth-order valence-corrected chi connectivity index (χ4v) is 8.07. The minimum Gasteiger partial charge on any atom is -0.478 e. The van der Waals surface area contributed by atoms with Crippen LogP contribution in [0.25, 0.3) is 54.8 Å². The fourth-order valence-electron chi connectivity index (χ4n) is 5.24. The van der Waals surface area contributed by atoms with Gasteiger partial charge in [-0.3, -0.25) is 0 Å². The van der Waals surface area contributed by atoms with Gasteiger partial charge in [-0.15, -0.1) is 22.7 Å². The molecular weight excluding hydrogens is 908 g/mol. The zero-order chi connectivity index (χ0) is 39.4. The number of aromatic carboxylic acids is 1. The highest BCUT2D eigenvalue weighted by Gasteiger charge is 2.19. The van der Waals surface area contributed by atoms with Gasteiger partial charge < -0.3 is 9.84 Å². The second kappa shape index (κ2) is 17.7. The molecular formula is C40H21BrCl5N3O4S2. The topological polar surface area (TPSA) is 113 Å². The number of ether oxygens (including phenoxy) is 1. The lowest BCUT2D eigenvalue weighted by Gasteiger charge is -2.10. The molecule has 0 aliphatic carbocycles. The van der Waals surface area contributed by atoms with Crippen molar-refractivity contribution in [3.8, 4) is 60.9 Å². The molecule has 0 saturated heterocycles. The lowest BCUT2D eigenvalue weighted by atomic mass is 9.94. The number of hydrogen-bond donors (Lipinski definition) is 1. The molecule has 5 aromatic carbocycles. The first kappa shape index (κ1) is 40.4. The normalized spacial score (nSPS) is 10.7. The monoisotopic (exact) mass is 925 g/mol. The first-order valence-corrected chi connectivity index (χ1v) is 20.1.